The molecule has 2 aromatic rings. The van der Waals surface area contributed by atoms with Crippen molar-refractivity contribution in [1.29, 1.82) is 0 Å². The van der Waals surface area contributed by atoms with E-state index in [-0.39, 0.29) is 23.7 Å². The molecule has 1 amide bonds. The average Bonchev–Trinajstić information content (AvgIpc) is 3.58. The predicted molar refractivity (Wildman–Crippen MR) is 108 cm³/mol. The van der Waals surface area contributed by atoms with Crippen molar-refractivity contribution in [3.05, 3.63) is 47.7 Å². The van der Waals surface area contributed by atoms with Crippen LogP contribution in [0.4, 0.5) is 13.2 Å². The van der Waals surface area contributed by atoms with Crippen LogP contribution < -0.4 is 4.74 Å². The van der Waals surface area contributed by atoms with Gasteiger partial charge >= 0.3 is 6.18 Å². The number of hydrogen-bond acceptors (Lipinski definition) is 6. The third kappa shape index (κ3) is 4.55. The zero-order valence-corrected chi connectivity index (χ0v) is 17.5. The molecule has 2 atom stereocenters. The van der Waals surface area contributed by atoms with Gasteiger partial charge in [0.1, 0.15) is 11.8 Å². The number of ether oxygens (including phenoxy) is 1. The van der Waals surface area contributed by atoms with Crippen LogP contribution in [-0.2, 0) is 6.18 Å². The average molecular weight is 447 g/mol. The lowest BCUT2D eigenvalue weighted by Gasteiger charge is -2.25. The molecule has 4 heterocycles. The lowest BCUT2D eigenvalue weighted by Crippen LogP contribution is -2.40. The number of carbonyl (C=O) groups is 1. The number of rotatable bonds is 4. The lowest BCUT2D eigenvalue weighted by molar-refractivity contribution is -0.137. The molecule has 7 nitrogen and oxygen atoms in total. The molecule has 2 saturated heterocycles. The molecule has 2 aromatic heterocycles. The molecule has 3 aliphatic rings. The summed E-state index contributed by atoms with van der Waals surface area (Å²) in [5.41, 5.74) is 0.187. The quantitative estimate of drug-likeness (QED) is 0.717. The summed E-state index contributed by atoms with van der Waals surface area (Å²) >= 11 is 0. The van der Waals surface area contributed by atoms with E-state index in [0.717, 1.165) is 43.8 Å². The largest absolute Gasteiger partial charge is 0.472 e. The van der Waals surface area contributed by atoms with E-state index in [2.05, 4.69) is 19.9 Å². The summed E-state index contributed by atoms with van der Waals surface area (Å²) in [6, 6.07) is 2.18. The van der Waals surface area contributed by atoms with Gasteiger partial charge in [0.25, 0.3) is 5.91 Å². The summed E-state index contributed by atoms with van der Waals surface area (Å²) in [5, 5.41) is 0. The second-order valence-corrected chi connectivity index (χ2v) is 8.71. The lowest BCUT2D eigenvalue weighted by atomic mass is 10.1. The van der Waals surface area contributed by atoms with Gasteiger partial charge in [0.15, 0.2) is 0 Å². The molecular weight excluding hydrogens is 423 g/mol. The highest BCUT2D eigenvalue weighted by Crippen LogP contribution is 2.38. The van der Waals surface area contributed by atoms with Crippen LogP contribution in [0.1, 0.15) is 53.3 Å². The Balaban J connectivity index is 1.20. The first-order valence-electron chi connectivity index (χ1n) is 10.9. The van der Waals surface area contributed by atoms with Crippen molar-refractivity contribution in [1.82, 2.24) is 24.8 Å². The van der Waals surface area contributed by atoms with Gasteiger partial charge in [-0.1, -0.05) is 0 Å². The molecule has 3 fully saturated rings. The van der Waals surface area contributed by atoms with E-state index in [4.69, 9.17) is 4.74 Å². The number of nitrogens with zero attached hydrogens (tertiary/aromatic N) is 5. The summed E-state index contributed by atoms with van der Waals surface area (Å²) < 4.78 is 44.3. The molecule has 5 rings (SSSR count). The third-order valence-electron chi connectivity index (χ3n) is 6.32. The Labute approximate surface area is 183 Å². The smallest absolute Gasteiger partial charge is 0.417 e. The van der Waals surface area contributed by atoms with Crippen molar-refractivity contribution in [3.8, 4) is 5.88 Å². The topological polar surface area (TPSA) is 71.5 Å². The van der Waals surface area contributed by atoms with E-state index < -0.39 is 11.7 Å². The van der Waals surface area contributed by atoms with Gasteiger partial charge in [0.2, 0.25) is 5.88 Å². The molecule has 0 spiro atoms. The molecule has 170 valence electrons. The van der Waals surface area contributed by atoms with Crippen LogP contribution in [0.5, 0.6) is 5.88 Å². The first kappa shape index (κ1) is 21.1. The van der Waals surface area contributed by atoms with Crippen molar-refractivity contribution in [2.24, 2.45) is 0 Å². The molecule has 0 aromatic carbocycles. The van der Waals surface area contributed by atoms with Gasteiger partial charge in [-0.05, 0) is 31.4 Å². The monoisotopic (exact) mass is 447 g/mol. The number of pyridine rings is 1. The molecule has 1 aliphatic carbocycles. The standard InChI is InChI=1S/C22H24F3N5O2/c23-22(24,25)15-4-5-18(26-9-15)21(31)30-7-1-6-29-13-17(8-16(29)12-30)32-20-11-27-19(10-28-20)14-2-3-14/h4-5,9-11,14,16-17H,1-3,6-8,12-13H2/t16-,17+/m0/s1. The predicted octanol–water partition coefficient (Wildman–Crippen LogP) is 3.14. The van der Waals surface area contributed by atoms with E-state index in [1.165, 1.54) is 12.8 Å². The first-order valence-corrected chi connectivity index (χ1v) is 10.9. The molecule has 0 radical (unpaired) electrons. The highest BCUT2D eigenvalue weighted by Gasteiger charge is 2.38. The highest BCUT2D eigenvalue weighted by molar-refractivity contribution is 5.92. The minimum absolute atomic E-state index is 0.0308. The Hall–Kier alpha value is -2.75. The fraction of sp³-hybridized carbons (Fsp3) is 0.545. The van der Waals surface area contributed by atoms with Gasteiger partial charge in [0.05, 0.1) is 23.7 Å². The highest BCUT2D eigenvalue weighted by atomic mass is 19.4. The zero-order valence-electron chi connectivity index (χ0n) is 17.5. The van der Waals surface area contributed by atoms with Gasteiger partial charge in [-0.15, -0.1) is 0 Å². The zero-order chi connectivity index (χ0) is 22.3. The summed E-state index contributed by atoms with van der Waals surface area (Å²) in [6.07, 6.45) is 3.55. The van der Waals surface area contributed by atoms with E-state index in [1.807, 2.05) is 0 Å². The summed E-state index contributed by atoms with van der Waals surface area (Å²) in [5.74, 6) is 0.717. The van der Waals surface area contributed by atoms with Gasteiger partial charge < -0.3 is 9.64 Å². The van der Waals surface area contributed by atoms with Crippen molar-refractivity contribution in [2.45, 2.75) is 49.9 Å². The minimum Gasteiger partial charge on any atom is -0.472 e. The molecule has 0 unspecified atom stereocenters. The first-order chi connectivity index (χ1) is 15.4. The number of halogens is 3. The van der Waals surface area contributed by atoms with Crippen molar-refractivity contribution in [3.63, 3.8) is 0 Å². The number of alkyl halides is 3. The number of fused-ring (bicyclic) bond motifs is 1. The molecule has 0 N–H and O–H groups in total. The van der Waals surface area contributed by atoms with Crippen molar-refractivity contribution < 1.29 is 22.7 Å². The number of carbonyl (C=O) groups excluding carboxylic acids is 1. The van der Waals surface area contributed by atoms with Crippen LogP contribution in [0.15, 0.2) is 30.7 Å². The second-order valence-electron chi connectivity index (χ2n) is 8.71. The Kier molecular flexibility index (Phi) is 5.48. The van der Waals surface area contributed by atoms with E-state index in [9.17, 15) is 18.0 Å². The SMILES string of the molecule is O=C(c1ccc(C(F)(F)F)cn1)N1CCCN2C[C@H](Oc3cnc(C4CC4)cn3)C[C@H]2C1. The molecule has 2 aliphatic heterocycles. The van der Waals surface area contributed by atoms with Crippen molar-refractivity contribution >= 4 is 5.91 Å². The van der Waals surface area contributed by atoms with Crippen LogP contribution in [0, 0.1) is 0 Å². The number of hydrogen-bond donors (Lipinski definition) is 0. The van der Waals surface area contributed by atoms with Crippen LogP contribution in [0.2, 0.25) is 0 Å². The van der Waals surface area contributed by atoms with Crippen LogP contribution in [0.25, 0.3) is 0 Å². The summed E-state index contributed by atoms with van der Waals surface area (Å²) in [6.45, 7) is 2.63. The Morgan fingerprint density at radius 2 is 1.88 bits per heavy atom. The van der Waals surface area contributed by atoms with E-state index in [1.54, 1.807) is 17.3 Å². The Bertz CT molecular complexity index is 963. The van der Waals surface area contributed by atoms with Crippen molar-refractivity contribution in [2.75, 3.05) is 26.2 Å². The maximum absolute atomic E-state index is 12.9. The maximum atomic E-state index is 12.9. The van der Waals surface area contributed by atoms with Gasteiger partial charge in [-0.25, -0.2) is 4.98 Å². The maximum Gasteiger partial charge on any atom is 0.417 e. The van der Waals surface area contributed by atoms with E-state index >= 15 is 0 Å². The van der Waals surface area contributed by atoms with Crippen LogP contribution in [-0.4, -0.2) is 69.0 Å². The third-order valence-corrected chi connectivity index (χ3v) is 6.32. The fourth-order valence-electron chi connectivity index (χ4n) is 4.48. The Morgan fingerprint density at radius 3 is 2.53 bits per heavy atom. The normalized spacial score (nSPS) is 24.2. The van der Waals surface area contributed by atoms with Gasteiger partial charge in [0, 0.05) is 50.8 Å². The van der Waals surface area contributed by atoms with Crippen LogP contribution >= 0.6 is 0 Å². The summed E-state index contributed by atoms with van der Waals surface area (Å²) in [4.78, 5) is 29.5. The van der Waals surface area contributed by atoms with Crippen LogP contribution in [0.3, 0.4) is 0 Å². The second kappa shape index (κ2) is 8.31. The van der Waals surface area contributed by atoms with Gasteiger partial charge in [-0.3, -0.25) is 19.7 Å². The fourth-order valence-corrected chi connectivity index (χ4v) is 4.48. The molecule has 0 bridgehead atoms. The molecule has 10 heteroatoms. The molecule has 32 heavy (non-hydrogen) atoms. The summed E-state index contributed by atoms with van der Waals surface area (Å²) in [7, 11) is 0. The molecule has 1 saturated carbocycles. The van der Waals surface area contributed by atoms with E-state index in [0.29, 0.717) is 31.1 Å². The number of aromatic nitrogens is 3. The van der Waals surface area contributed by atoms with Gasteiger partial charge in [-0.2, -0.15) is 13.2 Å². The number of amides is 1. The Morgan fingerprint density at radius 1 is 1.03 bits per heavy atom. The molecular formula is C22H24F3N5O2. The minimum atomic E-state index is -4.47.